The molecule has 0 aliphatic carbocycles. The van der Waals surface area contributed by atoms with Gasteiger partial charge in [0.25, 0.3) is 0 Å². The van der Waals surface area contributed by atoms with Crippen LogP contribution in [0.5, 0.6) is 0 Å². The minimum Gasteiger partial charge on any atom is -0.381 e. The molecular formula is C17H23FN2O2. The number of ether oxygens (including phenoxy) is 1. The maximum atomic E-state index is 13.1. The number of rotatable bonds is 2. The third-order valence-electron chi connectivity index (χ3n) is 4.99. The van der Waals surface area contributed by atoms with Crippen molar-refractivity contribution in [3.8, 4) is 0 Å². The van der Waals surface area contributed by atoms with Crippen LogP contribution in [0.15, 0.2) is 24.3 Å². The molecule has 0 spiro atoms. The summed E-state index contributed by atoms with van der Waals surface area (Å²) in [4.78, 5) is 14.8. The zero-order valence-corrected chi connectivity index (χ0v) is 12.9. The Morgan fingerprint density at radius 3 is 2.59 bits per heavy atom. The molecule has 2 N–H and O–H groups in total. The van der Waals surface area contributed by atoms with Gasteiger partial charge in [-0.2, -0.15) is 0 Å². The number of hydrogen-bond acceptors (Lipinski definition) is 3. The van der Waals surface area contributed by atoms with Crippen LogP contribution >= 0.6 is 0 Å². The molecule has 0 saturated carbocycles. The number of nitrogens with zero attached hydrogens (tertiary/aromatic N) is 1. The van der Waals surface area contributed by atoms with E-state index < -0.39 is 5.54 Å². The van der Waals surface area contributed by atoms with Crippen molar-refractivity contribution in [2.75, 3.05) is 19.8 Å². The van der Waals surface area contributed by atoms with E-state index in [1.807, 2.05) is 17.0 Å². The van der Waals surface area contributed by atoms with Crippen molar-refractivity contribution in [1.82, 2.24) is 4.90 Å². The van der Waals surface area contributed by atoms with Gasteiger partial charge < -0.3 is 15.4 Å². The van der Waals surface area contributed by atoms with Gasteiger partial charge in [0.15, 0.2) is 0 Å². The topological polar surface area (TPSA) is 55.6 Å². The van der Waals surface area contributed by atoms with Gasteiger partial charge in [-0.3, -0.25) is 4.79 Å². The van der Waals surface area contributed by atoms with Crippen molar-refractivity contribution >= 4 is 5.91 Å². The Morgan fingerprint density at radius 1 is 1.32 bits per heavy atom. The average Bonchev–Trinajstić information content (AvgIpc) is 2.90. The smallest absolute Gasteiger partial charge is 0.243 e. The van der Waals surface area contributed by atoms with Crippen LogP contribution in [0, 0.1) is 5.82 Å². The Labute approximate surface area is 130 Å². The maximum absolute atomic E-state index is 13.1. The van der Waals surface area contributed by atoms with Gasteiger partial charge in [0.2, 0.25) is 5.91 Å². The first-order valence-corrected chi connectivity index (χ1v) is 7.93. The summed E-state index contributed by atoms with van der Waals surface area (Å²) in [6, 6.07) is 6.74. The van der Waals surface area contributed by atoms with Crippen molar-refractivity contribution in [3.63, 3.8) is 0 Å². The summed E-state index contributed by atoms with van der Waals surface area (Å²) in [6.45, 7) is 3.81. The highest BCUT2D eigenvalue weighted by Crippen LogP contribution is 2.34. The minimum absolute atomic E-state index is 0.0351. The predicted octanol–water partition coefficient (Wildman–Crippen LogP) is 2.04. The van der Waals surface area contributed by atoms with E-state index in [1.54, 1.807) is 0 Å². The van der Waals surface area contributed by atoms with E-state index in [1.165, 1.54) is 12.1 Å². The molecule has 2 unspecified atom stereocenters. The second-order valence-electron chi connectivity index (χ2n) is 6.56. The van der Waals surface area contributed by atoms with Crippen LogP contribution in [0.3, 0.4) is 0 Å². The standard InChI is InChI=1S/C17H23FN2O2/c1-12-10-14(13-2-4-15(18)5-3-13)11-20(12)16(21)17(19)6-8-22-9-7-17/h2-5,12,14H,6-11,19H2,1H3. The van der Waals surface area contributed by atoms with Gasteiger partial charge in [-0.25, -0.2) is 4.39 Å². The second kappa shape index (κ2) is 5.97. The van der Waals surface area contributed by atoms with Crippen molar-refractivity contribution in [1.29, 1.82) is 0 Å². The molecule has 2 aliphatic rings. The predicted molar refractivity (Wildman–Crippen MR) is 81.9 cm³/mol. The second-order valence-corrected chi connectivity index (χ2v) is 6.56. The van der Waals surface area contributed by atoms with Crippen molar-refractivity contribution in [3.05, 3.63) is 35.6 Å². The first kappa shape index (κ1) is 15.4. The fourth-order valence-corrected chi connectivity index (χ4v) is 3.53. The lowest BCUT2D eigenvalue weighted by molar-refractivity contribution is -0.141. The fraction of sp³-hybridized carbons (Fsp3) is 0.588. The molecule has 0 bridgehead atoms. The van der Waals surface area contributed by atoms with E-state index in [0.29, 0.717) is 32.6 Å². The van der Waals surface area contributed by atoms with Crippen molar-refractivity contribution in [2.45, 2.75) is 43.7 Å². The highest BCUT2D eigenvalue weighted by atomic mass is 19.1. The van der Waals surface area contributed by atoms with E-state index in [0.717, 1.165) is 12.0 Å². The summed E-state index contributed by atoms with van der Waals surface area (Å²) in [5, 5.41) is 0. The van der Waals surface area contributed by atoms with Gasteiger partial charge in [-0.1, -0.05) is 12.1 Å². The average molecular weight is 306 g/mol. The summed E-state index contributed by atoms with van der Waals surface area (Å²) >= 11 is 0. The largest absolute Gasteiger partial charge is 0.381 e. The Bertz CT molecular complexity index is 540. The molecule has 120 valence electrons. The van der Waals surface area contributed by atoms with Crippen LogP contribution < -0.4 is 5.73 Å². The summed E-state index contributed by atoms with van der Waals surface area (Å²) in [6.07, 6.45) is 2.05. The third-order valence-corrected chi connectivity index (χ3v) is 4.99. The SMILES string of the molecule is CC1CC(c2ccc(F)cc2)CN1C(=O)C1(N)CCOCC1. The molecule has 4 nitrogen and oxygen atoms in total. The normalized spacial score (nSPS) is 27.9. The van der Waals surface area contributed by atoms with Crippen molar-refractivity contribution in [2.24, 2.45) is 5.73 Å². The first-order chi connectivity index (χ1) is 10.5. The van der Waals surface area contributed by atoms with Gasteiger partial charge in [-0.15, -0.1) is 0 Å². The molecular weight excluding hydrogens is 283 g/mol. The molecule has 0 radical (unpaired) electrons. The monoisotopic (exact) mass is 306 g/mol. The Hall–Kier alpha value is -1.46. The Balaban J connectivity index is 1.72. The summed E-state index contributed by atoms with van der Waals surface area (Å²) in [5.74, 6) is 0.0572. The van der Waals surface area contributed by atoms with Gasteiger partial charge >= 0.3 is 0 Å². The van der Waals surface area contributed by atoms with E-state index >= 15 is 0 Å². The van der Waals surface area contributed by atoms with Crippen LogP contribution in [0.1, 0.15) is 37.7 Å². The molecule has 5 heteroatoms. The zero-order chi connectivity index (χ0) is 15.7. The molecule has 22 heavy (non-hydrogen) atoms. The van der Waals surface area contributed by atoms with Crippen LogP contribution in [0.25, 0.3) is 0 Å². The summed E-state index contributed by atoms with van der Waals surface area (Å²) < 4.78 is 18.4. The number of carbonyl (C=O) groups is 1. The number of carbonyl (C=O) groups excluding carboxylic acids is 1. The van der Waals surface area contributed by atoms with Crippen LogP contribution in [-0.2, 0) is 9.53 Å². The van der Waals surface area contributed by atoms with Gasteiger partial charge in [0.1, 0.15) is 5.82 Å². The molecule has 2 atom stereocenters. The number of benzene rings is 1. The lowest BCUT2D eigenvalue weighted by Crippen LogP contribution is -2.58. The number of halogens is 1. The van der Waals surface area contributed by atoms with E-state index in [-0.39, 0.29) is 23.7 Å². The molecule has 2 heterocycles. The molecule has 2 fully saturated rings. The summed E-state index contributed by atoms with van der Waals surface area (Å²) in [7, 11) is 0. The summed E-state index contributed by atoms with van der Waals surface area (Å²) in [5.41, 5.74) is 6.63. The van der Waals surface area contributed by atoms with Gasteiger partial charge in [0, 0.05) is 31.7 Å². The Kier molecular flexibility index (Phi) is 4.19. The number of hydrogen-bond donors (Lipinski definition) is 1. The van der Waals surface area contributed by atoms with Crippen molar-refractivity contribution < 1.29 is 13.9 Å². The van der Waals surface area contributed by atoms with E-state index in [9.17, 15) is 9.18 Å². The molecule has 1 aromatic carbocycles. The number of nitrogens with two attached hydrogens (primary N) is 1. The highest BCUT2D eigenvalue weighted by molar-refractivity contribution is 5.87. The number of amides is 1. The van der Waals surface area contributed by atoms with Crippen LogP contribution in [0.4, 0.5) is 4.39 Å². The van der Waals surface area contributed by atoms with E-state index in [2.05, 4.69) is 6.92 Å². The molecule has 2 saturated heterocycles. The van der Waals surface area contributed by atoms with E-state index in [4.69, 9.17) is 10.5 Å². The fourth-order valence-electron chi connectivity index (χ4n) is 3.53. The lowest BCUT2D eigenvalue weighted by atomic mass is 9.89. The van der Waals surface area contributed by atoms with Crippen LogP contribution in [-0.4, -0.2) is 42.1 Å². The first-order valence-electron chi connectivity index (χ1n) is 7.93. The Morgan fingerprint density at radius 2 is 1.95 bits per heavy atom. The number of likely N-dealkylation sites (tertiary alicyclic amines) is 1. The van der Waals surface area contributed by atoms with Crippen LogP contribution in [0.2, 0.25) is 0 Å². The third kappa shape index (κ3) is 2.88. The van der Waals surface area contributed by atoms with Gasteiger partial charge in [-0.05, 0) is 43.9 Å². The molecule has 3 rings (SSSR count). The molecule has 2 aliphatic heterocycles. The molecule has 1 aromatic rings. The zero-order valence-electron chi connectivity index (χ0n) is 12.9. The maximum Gasteiger partial charge on any atom is 0.243 e. The highest BCUT2D eigenvalue weighted by Gasteiger charge is 2.43. The minimum atomic E-state index is -0.788. The quantitative estimate of drug-likeness (QED) is 0.909. The van der Waals surface area contributed by atoms with Gasteiger partial charge in [0.05, 0.1) is 5.54 Å². The molecule has 1 amide bonds. The molecule has 0 aromatic heterocycles. The lowest BCUT2D eigenvalue weighted by Gasteiger charge is -2.36.